The van der Waals surface area contributed by atoms with E-state index in [9.17, 15) is 9.59 Å². The quantitative estimate of drug-likeness (QED) is 0.514. The lowest BCUT2D eigenvalue weighted by molar-refractivity contribution is -0.143. The van der Waals surface area contributed by atoms with Gasteiger partial charge in [-0.3, -0.25) is 9.59 Å². The van der Waals surface area contributed by atoms with Gasteiger partial charge < -0.3 is 18.8 Å². The smallest absolute Gasteiger partial charge is 0.326 e. The van der Waals surface area contributed by atoms with Crippen LogP contribution in [0.4, 0.5) is 0 Å². The minimum atomic E-state index is -0.382. The predicted octanol–water partition coefficient (Wildman–Crippen LogP) is 3.34. The van der Waals surface area contributed by atoms with Gasteiger partial charge in [-0.05, 0) is 49.7 Å². The van der Waals surface area contributed by atoms with E-state index in [0.29, 0.717) is 17.2 Å². The van der Waals surface area contributed by atoms with Crippen LogP contribution < -0.4 is 14.3 Å². The minimum absolute atomic E-state index is 0.0207. The van der Waals surface area contributed by atoms with E-state index in [0.717, 1.165) is 21.5 Å². The van der Waals surface area contributed by atoms with Crippen LogP contribution >= 0.6 is 11.3 Å². The highest BCUT2D eigenvalue weighted by Gasteiger charge is 2.13. The van der Waals surface area contributed by atoms with E-state index in [4.69, 9.17) is 14.2 Å². The topological polar surface area (TPSA) is 79.1 Å². The molecule has 1 aromatic heterocycles. The van der Waals surface area contributed by atoms with E-state index in [1.54, 1.807) is 24.7 Å². The van der Waals surface area contributed by atoms with Gasteiger partial charge in [-0.15, -0.1) is 0 Å². The fraction of sp³-hybridized carbons (Fsp3) is 0.318. The summed E-state index contributed by atoms with van der Waals surface area (Å²) in [5.41, 5.74) is 1.60. The third-order valence-electron chi connectivity index (χ3n) is 4.27. The van der Waals surface area contributed by atoms with Crippen LogP contribution in [0.3, 0.4) is 0 Å². The third-order valence-corrected chi connectivity index (χ3v) is 5.31. The van der Waals surface area contributed by atoms with Crippen molar-refractivity contribution in [3.8, 4) is 11.5 Å². The molecular weight excluding hydrogens is 404 g/mol. The molecule has 0 saturated carbocycles. The first-order valence-corrected chi connectivity index (χ1v) is 10.5. The highest BCUT2D eigenvalue weighted by molar-refractivity contribution is 7.16. The summed E-state index contributed by atoms with van der Waals surface area (Å²) in [6, 6.07) is 12.9. The summed E-state index contributed by atoms with van der Waals surface area (Å²) in [6.45, 7) is 4.49. The molecule has 1 heterocycles. The number of esters is 1. The number of amides is 1. The van der Waals surface area contributed by atoms with E-state index >= 15 is 0 Å². The van der Waals surface area contributed by atoms with Crippen LogP contribution in [0.5, 0.6) is 11.5 Å². The number of methoxy groups -OCH3 is 1. The van der Waals surface area contributed by atoms with Crippen molar-refractivity contribution in [2.24, 2.45) is 4.99 Å². The number of benzene rings is 2. The van der Waals surface area contributed by atoms with E-state index in [1.807, 2.05) is 43.3 Å². The molecule has 1 amide bonds. The number of ether oxygens (including phenoxy) is 3. The van der Waals surface area contributed by atoms with Gasteiger partial charge in [0.2, 0.25) is 0 Å². The Labute approximate surface area is 178 Å². The molecule has 0 aliphatic carbocycles. The first kappa shape index (κ1) is 21.6. The third kappa shape index (κ3) is 5.27. The molecule has 0 saturated heterocycles. The highest BCUT2D eigenvalue weighted by atomic mass is 32.1. The molecule has 158 valence electrons. The number of thiazole rings is 1. The molecule has 0 N–H and O–H groups in total. The number of nitrogens with zero attached hydrogens (tertiary/aromatic N) is 2. The normalized spacial score (nSPS) is 11.5. The van der Waals surface area contributed by atoms with Crippen LogP contribution in [0.2, 0.25) is 0 Å². The predicted molar refractivity (Wildman–Crippen MR) is 115 cm³/mol. The van der Waals surface area contributed by atoms with Gasteiger partial charge in [-0.25, -0.2) is 0 Å². The number of rotatable bonds is 8. The largest absolute Gasteiger partial charge is 0.497 e. The van der Waals surface area contributed by atoms with Crippen LogP contribution in [-0.2, 0) is 27.3 Å². The van der Waals surface area contributed by atoms with Crippen molar-refractivity contribution >= 4 is 33.4 Å². The van der Waals surface area contributed by atoms with Crippen molar-refractivity contribution in [1.29, 1.82) is 0 Å². The fourth-order valence-electron chi connectivity index (χ4n) is 2.99. The zero-order valence-electron chi connectivity index (χ0n) is 17.2. The Kier molecular flexibility index (Phi) is 7.24. The van der Waals surface area contributed by atoms with E-state index in [2.05, 4.69) is 4.99 Å². The molecule has 2 aromatic carbocycles. The summed E-state index contributed by atoms with van der Waals surface area (Å²) in [6.07, 6.45) is 0.134. The second-order valence-corrected chi connectivity index (χ2v) is 7.38. The van der Waals surface area contributed by atoms with Gasteiger partial charge in [0.05, 0.1) is 37.0 Å². The van der Waals surface area contributed by atoms with Gasteiger partial charge in [0.15, 0.2) is 4.80 Å². The van der Waals surface area contributed by atoms with Crippen molar-refractivity contribution in [1.82, 2.24) is 4.57 Å². The molecule has 0 atom stereocenters. The zero-order valence-corrected chi connectivity index (χ0v) is 18.0. The maximum absolute atomic E-state index is 12.6. The van der Waals surface area contributed by atoms with Crippen molar-refractivity contribution in [2.75, 3.05) is 20.3 Å². The Balaban J connectivity index is 1.98. The number of hydrogen-bond donors (Lipinski definition) is 0. The van der Waals surface area contributed by atoms with E-state index in [1.165, 1.54) is 11.3 Å². The number of carbonyl (C=O) groups is 2. The second kappa shape index (κ2) is 10.1. The number of fused-ring (bicyclic) bond motifs is 1. The maximum atomic E-state index is 12.6. The Morgan fingerprint density at radius 3 is 2.63 bits per heavy atom. The molecule has 7 nitrogen and oxygen atoms in total. The number of carbonyl (C=O) groups excluding carboxylic acids is 2. The van der Waals surface area contributed by atoms with Crippen LogP contribution in [0.1, 0.15) is 19.4 Å². The molecule has 0 radical (unpaired) electrons. The molecule has 30 heavy (non-hydrogen) atoms. The van der Waals surface area contributed by atoms with E-state index < -0.39 is 0 Å². The van der Waals surface area contributed by atoms with Gasteiger partial charge in [-0.1, -0.05) is 23.5 Å². The summed E-state index contributed by atoms with van der Waals surface area (Å²) in [7, 11) is 1.58. The van der Waals surface area contributed by atoms with Gasteiger partial charge in [-0.2, -0.15) is 4.99 Å². The van der Waals surface area contributed by atoms with Gasteiger partial charge in [0.1, 0.15) is 18.0 Å². The van der Waals surface area contributed by atoms with Gasteiger partial charge in [0.25, 0.3) is 5.91 Å². The lowest BCUT2D eigenvalue weighted by Crippen LogP contribution is -2.23. The highest BCUT2D eigenvalue weighted by Crippen LogP contribution is 2.23. The van der Waals surface area contributed by atoms with Crippen LogP contribution in [0.25, 0.3) is 10.2 Å². The molecule has 3 aromatic rings. The molecule has 0 spiro atoms. The first-order valence-electron chi connectivity index (χ1n) is 9.66. The Hall–Kier alpha value is -3.13. The molecule has 0 aliphatic rings. The SMILES string of the molecule is CCOC(=O)Cn1c(=NC(=O)Cc2cccc(OC)c2)sc2cc(OCC)ccc21. The average molecular weight is 429 g/mol. The van der Waals surface area contributed by atoms with Crippen LogP contribution in [0, 0.1) is 0 Å². The lowest BCUT2D eigenvalue weighted by atomic mass is 10.1. The monoisotopic (exact) mass is 428 g/mol. The summed E-state index contributed by atoms with van der Waals surface area (Å²) in [5, 5.41) is 0. The molecule has 0 aliphatic heterocycles. The van der Waals surface area contributed by atoms with Crippen LogP contribution in [-0.4, -0.2) is 36.8 Å². The molecule has 3 rings (SSSR count). The maximum Gasteiger partial charge on any atom is 0.326 e. The Bertz CT molecular complexity index is 1120. The van der Waals surface area contributed by atoms with Crippen molar-refractivity contribution < 1.29 is 23.8 Å². The first-order chi connectivity index (χ1) is 14.5. The van der Waals surface area contributed by atoms with Crippen molar-refractivity contribution in [2.45, 2.75) is 26.8 Å². The fourth-order valence-corrected chi connectivity index (χ4v) is 4.06. The molecule has 8 heteroatoms. The number of aromatic nitrogens is 1. The zero-order chi connectivity index (χ0) is 21.5. The summed E-state index contributed by atoms with van der Waals surface area (Å²) in [5.74, 6) is 0.719. The summed E-state index contributed by atoms with van der Waals surface area (Å²) < 4.78 is 18.4. The average Bonchev–Trinajstić information content (AvgIpc) is 3.04. The van der Waals surface area contributed by atoms with E-state index in [-0.39, 0.29) is 31.4 Å². The van der Waals surface area contributed by atoms with Gasteiger partial charge >= 0.3 is 5.97 Å². The Morgan fingerprint density at radius 1 is 1.07 bits per heavy atom. The molecule has 0 unspecified atom stereocenters. The van der Waals surface area contributed by atoms with Crippen molar-refractivity contribution in [3.05, 3.63) is 52.8 Å². The summed E-state index contributed by atoms with van der Waals surface area (Å²) in [4.78, 5) is 29.5. The molecule has 0 fully saturated rings. The number of hydrogen-bond acceptors (Lipinski definition) is 6. The Morgan fingerprint density at radius 2 is 1.90 bits per heavy atom. The van der Waals surface area contributed by atoms with Crippen LogP contribution in [0.15, 0.2) is 47.5 Å². The van der Waals surface area contributed by atoms with Crippen molar-refractivity contribution in [3.63, 3.8) is 0 Å². The molecular formula is C22H24N2O5S. The minimum Gasteiger partial charge on any atom is -0.497 e. The second-order valence-electron chi connectivity index (χ2n) is 6.37. The standard InChI is InChI=1S/C22H24N2O5S/c1-4-28-17-9-10-18-19(13-17)30-22(24(18)14-21(26)29-5-2)23-20(25)12-15-7-6-8-16(11-15)27-3/h6-11,13H,4-5,12,14H2,1-3H3. The molecule has 0 bridgehead atoms. The summed E-state index contributed by atoms with van der Waals surface area (Å²) >= 11 is 1.33. The lowest BCUT2D eigenvalue weighted by Gasteiger charge is -2.06. The van der Waals surface area contributed by atoms with Gasteiger partial charge in [0, 0.05) is 0 Å².